The number of carbonyl (C=O) groups is 1. The molecule has 0 bridgehead atoms. The quantitative estimate of drug-likeness (QED) is 0.636. The van der Waals surface area contributed by atoms with Crippen LogP contribution in [0.5, 0.6) is 11.6 Å². The van der Waals surface area contributed by atoms with E-state index in [0.29, 0.717) is 11.3 Å². The van der Waals surface area contributed by atoms with E-state index in [1.54, 1.807) is 19.2 Å². The maximum absolute atomic E-state index is 11.7. The molecule has 1 aromatic heterocycles. The normalized spacial score (nSPS) is 9.95. The van der Waals surface area contributed by atoms with E-state index in [1.165, 1.54) is 12.3 Å². The number of methoxy groups -OCH3 is 1. The second-order valence-corrected chi connectivity index (χ2v) is 4.28. The van der Waals surface area contributed by atoms with Crippen molar-refractivity contribution in [2.45, 2.75) is 6.54 Å². The van der Waals surface area contributed by atoms with Crippen LogP contribution in [-0.2, 0) is 11.3 Å². The molecule has 2 rings (SSSR count). The zero-order valence-electron chi connectivity index (χ0n) is 11.6. The summed E-state index contributed by atoms with van der Waals surface area (Å²) in [4.78, 5) is 11.7. The predicted molar refractivity (Wildman–Crippen MR) is 75.7 cm³/mol. The third kappa shape index (κ3) is 4.38. The number of carbonyl (C=O) groups excluding carboxylic acids is 1. The van der Waals surface area contributed by atoms with Crippen LogP contribution in [0.4, 0.5) is 0 Å². The highest BCUT2D eigenvalue weighted by Crippen LogP contribution is 2.10. The van der Waals surface area contributed by atoms with E-state index in [1.807, 2.05) is 24.3 Å². The van der Waals surface area contributed by atoms with Gasteiger partial charge in [-0.25, -0.2) is 0 Å². The van der Waals surface area contributed by atoms with Crippen molar-refractivity contribution in [3.63, 3.8) is 0 Å². The van der Waals surface area contributed by atoms with Crippen LogP contribution in [0.25, 0.3) is 0 Å². The highest BCUT2D eigenvalue weighted by molar-refractivity contribution is 5.77. The van der Waals surface area contributed by atoms with Crippen LogP contribution in [0.3, 0.4) is 0 Å². The second kappa shape index (κ2) is 7.14. The SMILES string of the molecule is COc1ccc(CNC(=O)COc2cccc[n+]2[O-])cc1. The lowest BCUT2D eigenvalue weighted by Crippen LogP contribution is -2.33. The minimum Gasteiger partial charge on any atom is -0.616 e. The van der Waals surface area contributed by atoms with Gasteiger partial charge in [0.25, 0.3) is 5.91 Å². The summed E-state index contributed by atoms with van der Waals surface area (Å²) in [5.74, 6) is 0.559. The highest BCUT2D eigenvalue weighted by atomic mass is 16.6. The number of ether oxygens (including phenoxy) is 2. The maximum Gasteiger partial charge on any atom is 0.379 e. The summed E-state index contributed by atoms with van der Waals surface area (Å²) in [7, 11) is 1.60. The monoisotopic (exact) mass is 288 g/mol. The minimum atomic E-state index is -0.297. The number of nitrogens with zero attached hydrogens (tertiary/aromatic N) is 1. The first-order valence-corrected chi connectivity index (χ1v) is 6.39. The van der Waals surface area contributed by atoms with E-state index >= 15 is 0 Å². The van der Waals surface area contributed by atoms with Crippen molar-refractivity contribution in [3.05, 3.63) is 59.4 Å². The molecule has 0 aliphatic rings. The number of rotatable bonds is 6. The molecule has 1 amide bonds. The van der Waals surface area contributed by atoms with Gasteiger partial charge in [0.15, 0.2) is 12.8 Å². The van der Waals surface area contributed by atoms with Crippen LogP contribution in [0.15, 0.2) is 48.7 Å². The third-order valence-electron chi connectivity index (χ3n) is 2.79. The molecule has 21 heavy (non-hydrogen) atoms. The largest absolute Gasteiger partial charge is 0.616 e. The smallest absolute Gasteiger partial charge is 0.379 e. The molecule has 0 fully saturated rings. The fraction of sp³-hybridized carbons (Fsp3) is 0.200. The Morgan fingerprint density at radius 2 is 2.00 bits per heavy atom. The Morgan fingerprint density at radius 3 is 2.67 bits per heavy atom. The van der Waals surface area contributed by atoms with Gasteiger partial charge in [-0.2, -0.15) is 0 Å². The topological polar surface area (TPSA) is 74.5 Å². The van der Waals surface area contributed by atoms with Gasteiger partial charge in [-0.15, -0.1) is 4.73 Å². The van der Waals surface area contributed by atoms with Gasteiger partial charge >= 0.3 is 5.88 Å². The molecule has 2 aromatic rings. The van der Waals surface area contributed by atoms with E-state index in [-0.39, 0.29) is 18.4 Å². The van der Waals surface area contributed by atoms with Gasteiger partial charge in [0.05, 0.1) is 13.2 Å². The fourth-order valence-electron chi connectivity index (χ4n) is 1.66. The Morgan fingerprint density at radius 1 is 1.24 bits per heavy atom. The Bertz CT molecular complexity index is 599. The van der Waals surface area contributed by atoms with Crippen molar-refractivity contribution in [2.75, 3.05) is 13.7 Å². The Labute approximate surface area is 122 Å². The maximum atomic E-state index is 11.7. The standard InChI is InChI=1S/C15H16N2O4/c1-20-13-7-5-12(6-8-13)10-16-14(18)11-21-15-4-2-3-9-17(15)19/h2-9H,10-11H2,1H3,(H,16,18). The molecule has 6 heteroatoms. The number of amides is 1. The van der Waals surface area contributed by atoms with E-state index in [4.69, 9.17) is 9.47 Å². The van der Waals surface area contributed by atoms with Crippen molar-refractivity contribution >= 4 is 5.91 Å². The van der Waals surface area contributed by atoms with Crippen LogP contribution < -0.4 is 19.5 Å². The van der Waals surface area contributed by atoms with Crippen LogP contribution in [0, 0.1) is 5.21 Å². The van der Waals surface area contributed by atoms with E-state index in [9.17, 15) is 10.0 Å². The zero-order valence-corrected chi connectivity index (χ0v) is 11.6. The summed E-state index contributed by atoms with van der Waals surface area (Å²) in [6, 6.07) is 12.1. The predicted octanol–water partition coefficient (Wildman–Crippen LogP) is 1.02. The summed E-state index contributed by atoms with van der Waals surface area (Å²) >= 11 is 0. The highest BCUT2D eigenvalue weighted by Gasteiger charge is 2.08. The summed E-state index contributed by atoms with van der Waals surface area (Å²) in [5, 5.41) is 14.0. The summed E-state index contributed by atoms with van der Waals surface area (Å²) in [6.07, 6.45) is 1.31. The zero-order chi connectivity index (χ0) is 15.1. The van der Waals surface area contributed by atoms with E-state index in [0.717, 1.165) is 11.3 Å². The molecule has 0 saturated heterocycles. The molecule has 0 spiro atoms. The first kappa shape index (κ1) is 14.6. The van der Waals surface area contributed by atoms with E-state index in [2.05, 4.69) is 5.32 Å². The van der Waals surface area contributed by atoms with Crippen LogP contribution in [0.2, 0.25) is 0 Å². The lowest BCUT2D eigenvalue weighted by Gasteiger charge is -2.07. The van der Waals surface area contributed by atoms with Gasteiger partial charge in [-0.3, -0.25) is 4.79 Å². The molecular formula is C15H16N2O4. The molecule has 0 aliphatic heterocycles. The summed E-state index contributed by atoms with van der Waals surface area (Å²) < 4.78 is 10.8. The number of hydrogen-bond donors (Lipinski definition) is 1. The lowest BCUT2D eigenvalue weighted by atomic mass is 10.2. The number of hydrogen-bond acceptors (Lipinski definition) is 4. The first-order valence-electron chi connectivity index (χ1n) is 6.39. The van der Waals surface area contributed by atoms with Crippen LogP contribution in [0.1, 0.15) is 5.56 Å². The van der Waals surface area contributed by atoms with E-state index < -0.39 is 0 Å². The average Bonchev–Trinajstić information content (AvgIpc) is 2.52. The molecule has 0 saturated carbocycles. The molecule has 0 atom stereocenters. The minimum absolute atomic E-state index is 0.0945. The van der Waals surface area contributed by atoms with Gasteiger partial charge in [0, 0.05) is 12.6 Å². The van der Waals surface area contributed by atoms with Gasteiger partial charge in [-0.05, 0) is 23.8 Å². The van der Waals surface area contributed by atoms with Crippen molar-refractivity contribution < 1.29 is 19.0 Å². The van der Waals surface area contributed by atoms with Crippen molar-refractivity contribution in [2.24, 2.45) is 0 Å². The lowest BCUT2D eigenvalue weighted by molar-refractivity contribution is -0.612. The van der Waals surface area contributed by atoms with Gasteiger partial charge in [0.2, 0.25) is 0 Å². The molecule has 6 nitrogen and oxygen atoms in total. The number of pyridine rings is 1. The molecule has 1 aromatic carbocycles. The molecule has 0 radical (unpaired) electrons. The Kier molecular flexibility index (Phi) is 4.98. The van der Waals surface area contributed by atoms with Gasteiger partial charge < -0.3 is 20.0 Å². The van der Waals surface area contributed by atoms with Crippen LogP contribution >= 0.6 is 0 Å². The number of aromatic nitrogens is 1. The summed E-state index contributed by atoms with van der Waals surface area (Å²) in [5.41, 5.74) is 0.947. The van der Waals surface area contributed by atoms with Crippen molar-refractivity contribution in [1.82, 2.24) is 5.32 Å². The molecule has 110 valence electrons. The van der Waals surface area contributed by atoms with Crippen molar-refractivity contribution in [1.29, 1.82) is 0 Å². The molecule has 0 aliphatic carbocycles. The molecule has 1 N–H and O–H groups in total. The molecular weight excluding hydrogens is 272 g/mol. The van der Waals surface area contributed by atoms with Crippen LogP contribution in [-0.4, -0.2) is 19.6 Å². The second-order valence-electron chi connectivity index (χ2n) is 4.28. The Hall–Kier alpha value is -2.76. The van der Waals surface area contributed by atoms with Gasteiger partial charge in [0.1, 0.15) is 5.75 Å². The van der Waals surface area contributed by atoms with Crippen molar-refractivity contribution in [3.8, 4) is 11.6 Å². The first-order chi connectivity index (χ1) is 10.2. The number of nitrogens with one attached hydrogen (secondary N) is 1. The third-order valence-corrected chi connectivity index (χ3v) is 2.79. The fourth-order valence-corrected chi connectivity index (χ4v) is 1.66. The molecule has 1 heterocycles. The Balaban J connectivity index is 1.78. The number of benzene rings is 1. The summed E-state index contributed by atoms with van der Waals surface area (Å²) in [6.45, 7) is 0.181. The average molecular weight is 288 g/mol. The molecule has 0 unspecified atom stereocenters. The van der Waals surface area contributed by atoms with Gasteiger partial charge in [-0.1, -0.05) is 12.1 Å².